The van der Waals surface area contributed by atoms with Gasteiger partial charge in [-0.3, -0.25) is 14.0 Å². The van der Waals surface area contributed by atoms with Gasteiger partial charge in [0.25, 0.3) is 0 Å². The van der Waals surface area contributed by atoms with Crippen molar-refractivity contribution in [1.82, 2.24) is 9.78 Å². The van der Waals surface area contributed by atoms with Gasteiger partial charge in [-0.2, -0.15) is 18.3 Å². The quantitative estimate of drug-likeness (QED) is 0.243. The molecule has 0 atom stereocenters. The molecule has 0 aliphatic heterocycles. The highest BCUT2D eigenvalue weighted by atomic mass is 31.2. The van der Waals surface area contributed by atoms with Gasteiger partial charge in [0.05, 0.1) is 36.8 Å². The Balaban J connectivity index is 1.68. The van der Waals surface area contributed by atoms with E-state index < -0.39 is 25.2 Å². The summed E-state index contributed by atoms with van der Waals surface area (Å²) in [4.78, 5) is 12.4. The molecule has 1 N–H and O–H groups in total. The number of benzene rings is 2. The average Bonchev–Trinajstić information content (AvgIpc) is 3.19. The summed E-state index contributed by atoms with van der Waals surface area (Å²) in [5, 5.41) is 6.89. The van der Waals surface area contributed by atoms with Crippen LogP contribution in [0.4, 0.5) is 18.9 Å². The predicted octanol–water partition coefficient (Wildman–Crippen LogP) is 6.52. The fourth-order valence-corrected chi connectivity index (χ4v) is 5.24. The van der Waals surface area contributed by atoms with Gasteiger partial charge in [0.2, 0.25) is 5.91 Å². The normalized spacial score (nSPS) is 12.3. The average molecular weight is 521 g/mol. The lowest BCUT2D eigenvalue weighted by molar-refractivity contribution is -0.137. The SMILES string of the molecule is CCOP(=O)(Cc1ccc(NC(=O)/C=C/c2cnn(C)c2-c2ccc(C(F)(F)F)cc2)cc1)OCC. The lowest BCUT2D eigenvalue weighted by atomic mass is 10.1. The van der Waals surface area contributed by atoms with Crippen molar-refractivity contribution in [1.29, 1.82) is 0 Å². The number of amides is 1. The molecule has 0 radical (unpaired) electrons. The van der Waals surface area contributed by atoms with Crippen molar-refractivity contribution in [2.45, 2.75) is 26.2 Å². The summed E-state index contributed by atoms with van der Waals surface area (Å²) in [6.07, 6.45) is 0.0917. The summed E-state index contributed by atoms with van der Waals surface area (Å²) in [5.74, 6) is -0.403. The van der Waals surface area contributed by atoms with Gasteiger partial charge >= 0.3 is 13.8 Å². The lowest BCUT2D eigenvalue weighted by Crippen LogP contribution is -2.07. The number of aromatic nitrogens is 2. The van der Waals surface area contributed by atoms with E-state index in [4.69, 9.17) is 9.05 Å². The molecule has 0 unspecified atom stereocenters. The van der Waals surface area contributed by atoms with Crippen LogP contribution in [-0.2, 0) is 37.8 Å². The van der Waals surface area contributed by atoms with E-state index in [1.807, 2.05) is 0 Å². The van der Waals surface area contributed by atoms with Crippen molar-refractivity contribution >= 4 is 25.3 Å². The van der Waals surface area contributed by atoms with E-state index in [0.29, 0.717) is 22.5 Å². The molecule has 192 valence electrons. The summed E-state index contributed by atoms with van der Waals surface area (Å²) < 4.78 is 63.4. The van der Waals surface area contributed by atoms with Crippen LogP contribution in [0.5, 0.6) is 0 Å². The van der Waals surface area contributed by atoms with Crippen LogP contribution in [0.15, 0.2) is 60.8 Å². The van der Waals surface area contributed by atoms with Crippen molar-refractivity contribution in [3.05, 3.63) is 77.5 Å². The Morgan fingerprint density at radius 3 is 2.22 bits per heavy atom. The van der Waals surface area contributed by atoms with Gasteiger partial charge in [0.1, 0.15) is 0 Å². The third-order valence-electron chi connectivity index (χ3n) is 5.12. The molecule has 2 aromatic carbocycles. The standard InChI is InChI=1S/C25H27F3N3O4P/c1-4-34-36(33,35-5-2)17-18-6-13-22(14-7-18)30-23(32)15-10-20-16-29-31(3)24(20)19-8-11-21(12-9-19)25(26,27)28/h6-16H,4-5,17H2,1-3H3,(H,30,32)/b15-10+. The van der Waals surface area contributed by atoms with E-state index in [1.54, 1.807) is 51.2 Å². The van der Waals surface area contributed by atoms with E-state index in [-0.39, 0.29) is 19.4 Å². The largest absolute Gasteiger partial charge is 0.416 e. The Kier molecular flexibility index (Phi) is 8.89. The minimum Gasteiger partial charge on any atom is -0.323 e. The maximum absolute atomic E-state index is 12.9. The second-order valence-corrected chi connectivity index (χ2v) is 9.83. The summed E-state index contributed by atoms with van der Waals surface area (Å²) in [7, 11) is -1.56. The first-order chi connectivity index (χ1) is 17.0. The summed E-state index contributed by atoms with van der Waals surface area (Å²) in [6, 6.07) is 11.6. The zero-order chi connectivity index (χ0) is 26.3. The molecule has 0 spiro atoms. The number of halogens is 3. The second kappa shape index (κ2) is 11.7. The maximum Gasteiger partial charge on any atom is 0.416 e. The monoisotopic (exact) mass is 521 g/mol. The molecule has 1 amide bonds. The number of hydrogen-bond acceptors (Lipinski definition) is 5. The Hall–Kier alpha value is -3.20. The molecule has 7 nitrogen and oxygen atoms in total. The van der Waals surface area contributed by atoms with Gasteiger partial charge < -0.3 is 14.4 Å². The topological polar surface area (TPSA) is 82.5 Å². The minimum atomic E-state index is -4.42. The van der Waals surface area contributed by atoms with E-state index >= 15 is 0 Å². The highest BCUT2D eigenvalue weighted by Crippen LogP contribution is 2.51. The zero-order valence-corrected chi connectivity index (χ0v) is 21.0. The van der Waals surface area contributed by atoms with Crippen molar-refractivity contribution < 1.29 is 31.6 Å². The molecule has 0 bridgehead atoms. The summed E-state index contributed by atoms with van der Waals surface area (Å²) >= 11 is 0. The van der Waals surface area contributed by atoms with Gasteiger partial charge in [0.15, 0.2) is 0 Å². The molecule has 11 heteroatoms. The van der Waals surface area contributed by atoms with Crippen molar-refractivity contribution in [3.8, 4) is 11.3 Å². The molecule has 0 aliphatic carbocycles. The number of nitrogens with zero attached hydrogens (tertiary/aromatic N) is 2. The Morgan fingerprint density at radius 1 is 1.06 bits per heavy atom. The Bertz CT molecular complexity index is 1240. The number of aryl methyl sites for hydroxylation is 1. The number of carbonyl (C=O) groups is 1. The molecule has 0 saturated carbocycles. The number of rotatable bonds is 10. The lowest BCUT2D eigenvalue weighted by Gasteiger charge is -2.17. The molecule has 0 fully saturated rings. The number of anilines is 1. The van der Waals surface area contributed by atoms with Crippen molar-refractivity contribution in [2.75, 3.05) is 18.5 Å². The van der Waals surface area contributed by atoms with Gasteiger partial charge in [-0.1, -0.05) is 24.3 Å². The number of hydrogen-bond donors (Lipinski definition) is 1. The van der Waals surface area contributed by atoms with Gasteiger partial charge in [0, 0.05) is 29.9 Å². The van der Waals surface area contributed by atoms with E-state index in [2.05, 4.69) is 10.4 Å². The molecule has 0 saturated heterocycles. The highest BCUT2D eigenvalue weighted by Gasteiger charge is 2.30. The van der Waals surface area contributed by atoms with Gasteiger partial charge in [-0.15, -0.1) is 0 Å². The maximum atomic E-state index is 12.9. The smallest absolute Gasteiger partial charge is 0.323 e. The Labute approximate surface area is 207 Å². The third kappa shape index (κ3) is 7.16. The predicted molar refractivity (Wildman–Crippen MR) is 132 cm³/mol. The molecule has 1 heterocycles. The second-order valence-electron chi connectivity index (χ2n) is 7.77. The Morgan fingerprint density at radius 2 is 1.67 bits per heavy atom. The van der Waals surface area contributed by atoms with Gasteiger partial charge in [-0.25, -0.2) is 0 Å². The number of nitrogens with one attached hydrogen (secondary N) is 1. The molecular weight excluding hydrogens is 494 g/mol. The summed E-state index contributed by atoms with van der Waals surface area (Å²) in [5.41, 5.74) is 2.22. The number of carbonyl (C=O) groups excluding carboxylic acids is 1. The minimum absolute atomic E-state index is 0.122. The van der Waals surface area contributed by atoms with Crippen LogP contribution in [0.2, 0.25) is 0 Å². The fourth-order valence-electron chi connectivity index (χ4n) is 3.54. The summed E-state index contributed by atoms with van der Waals surface area (Å²) in [6.45, 7) is 4.04. The first-order valence-corrected chi connectivity index (χ1v) is 12.9. The van der Waals surface area contributed by atoms with Crippen LogP contribution in [0.1, 0.15) is 30.5 Å². The first-order valence-electron chi connectivity index (χ1n) is 11.2. The zero-order valence-electron chi connectivity index (χ0n) is 20.1. The molecule has 36 heavy (non-hydrogen) atoms. The van der Waals surface area contributed by atoms with Gasteiger partial charge in [-0.05, 0) is 49.8 Å². The van der Waals surface area contributed by atoms with E-state index in [1.165, 1.54) is 29.1 Å². The van der Waals surface area contributed by atoms with Crippen LogP contribution in [0, 0.1) is 0 Å². The van der Waals surface area contributed by atoms with Crippen LogP contribution in [-0.4, -0.2) is 28.9 Å². The molecule has 1 aromatic heterocycles. The van der Waals surface area contributed by atoms with E-state index in [0.717, 1.165) is 17.7 Å². The fraction of sp³-hybridized carbons (Fsp3) is 0.280. The third-order valence-corrected chi connectivity index (χ3v) is 7.17. The first kappa shape index (κ1) is 27.4. The van der Waals surface area contributed by atoms with Crippen LogP contribution < -0.4 is 5.32 Å². The van der Waals surface area contributed by atoms with E-state index in [9.17, 15) is 22.5 Å². The van der Waals surface area contributed by atoms with Crippen LogP contribution in [0.3, 0.4) is 0 Å². The molecule has 3 aromatic rings. The molecular formula is C25H27F3N3O4P. The van der Waals surface area contributed by atoms with Crippen molar-refractivity contribution in [2.24, 2.45) is 7.05 Å². The van der Waals surface area contributed by atoms with Crippen LogP contribution >= 0.6 is 7.60 Å². The molecule has 3 rings (SSSR count). The number of alkyl halides is 3. The van der Waals surface area contributed by atoms with Crippen LogP contribution in [0.25, 0.3) is 17.3 Å². The highest BCUT2D eigenvalue weighted by molar-refractivity contribution is 7.53. The molecule has 0 aliphatic rings. The van der Waals surface area contributed by atoms with Crippen molar-refractivity contribution in [3.63, 3.8) is 0 Å².